The molecule has 3 rings (SSSR count). The van der Waals surface area contributed by atoms with Crippen molar-refractivity contribution in [1.82, 2.24) is 20.6 Å². The Hall–Kier alpha value is -2.47. The van der Waals surface area contributed by atoms with E-state index in [1.807, 2.05) is 18.2 Å². The number of nitrogens with one attached hydrogen (secondary N) is 3. The maximum atomic E-state index is 12.1. The van der Waals surface area contributed by atoms with Gasteiger partial charge in [0.25, 0.3) is 5.91 Å². The molecule has 102 valence electrons. The van der Waals surface area contributed by atoms with Crippen molar-refractivity contribution in [1.29, 1.82) is 0 Å². The summed E-state index contributed by atoms with van der Waals surface area (Å²) in [5.74, 6) is -0.171. The van der Waals surface area contributed by atoms with Crippen LogP contribution < -0.4 is 16.0 Å². The first-order chi connectivity index (χ1) is 9.83. The summed E-state index contributed by atoms with van der Waals surface area (Å²) in [4.78, 5) is 20.2. The molecule has 0 saturated heterocycles. The van der Waals surface area contributed by atoms with E-state index in [2.05, 4.69) is 25.9 Å². The topological polar surface area (TPSA) is 78.9 Å². The lowest BCUT2D eigenvalue weighted by Gasteiger charge is -2.19. The highest BCUT2D eigenvalue weighted by molar-refractivity contribution is 5.92. The van der Waals surface area contributed by atoms with E-state index in [9.17, 15) is 4.79 Å². The van der Waals surface area contributed by atoms with Gasteiger partial charge in [-0.1, -0.05) is 0 Å². The molecule has 1 aliphatic heterocycles. The normalized spacial score (nSPS) is 13.2. The maximum Gasteiger partial charge on any atom is 0.270 e. The molecule has 2 aromatic heterocycles. The summed E-state index contributed by atoms with van der Waals surface area (Å²) in [6.45, 7) is 1.94. The number of nitrogens with zero attached hydrogens (tertiary/aromatic N) is 2. The molecular weight excluding hydrogens is 254 g/mol. The predicted molar refractivity (Wildman–Crippen MR) is 75.0 cm³/mol. The zero-order chi connectivity index (χ0) is 13.8. The van der Waals surface area contributed by atoms with E-state index >= 15 is 0 Å². The lowest BCUT2D eigenvalue weighted by Crippen LogP contribution is -2.29. The van der Waals surface area contributed by atoms with E-state index < -0.39 is 0 Å². The second kappa shape index (κ2) is 5.66. The minimum atomic E-state index is -0.171. The standard InChI is InChI=1S/C14H15N5O/c20-14(18-6-10-1-3-15-4-2-10)12-5-11-7-16-9-19-13(11)8-17-12/h1-5,8,16,19H,6-7,9H2,(H,18,20). The van der Waals surface area contributed by atoms with Crippen LogP contribution in [0.1, 0.15) is 21.6 Å². The van der Waals surface area contributed by atoms with Gasteiger partial charge in [-0.2, -0.15) is 0 Å². The first kappa shape index (κ1) is 12.6. The number of anilines is 1. The largest absolute Gasteiger partial charge is 0.371 e. The molecule has 3 N–H and O–H groups in total. The highest BCUT2D eigenvalue weighted by Gasteiger charge is 2.13. The molecule has 0 atom stereocenters. The van der Waals surface area contributed by atoms with Crippen molar-refractivity contribution in [3.05, 3.63) is 53.6 Å². The first-order valence-corrected chi connectivity index (χ1v) is 6.43. The molecule has 2 aromatic rings. The van der Waals surface area contributed by atoms with Gasteiger partial charge in [0, 0.05) is 25.5 Å². The molecule has 1 aliphatic rings. The van der Waals surface area contributed by atoms with Gasteiger partial charge in [-0.15, -0.1) is 0 Å². The van der Waals surface area contributed by atoms with Crippen LogP contribution in [0.5, 0.6) is 0 Å². The average Bonchev–Trinajstić information content (AvgIpc) is 2.53. The Labute approximate surface area is 116 Å². The molecular formula is C14H15N5O. The summed E-state index contributed by atoms with van der Waals surface area (Å²) in [7, 11) is 0. The van der Waals surface area contributed by atoms with Crippen LogP contribution >= 0.6 is 0 Å². The molecule has 0 aromatic carbocycles. The van der Waals surface area contributed by atoms with Gasteiger partial charge in [0.05, 0.1) is 18.6 Å². The van der Waals surface area contributed by atoms with E-state index in [1.54, 1.807) is 18.6 Å². The number of hydrogen-bond donors (Lipinski definition) is 3. The van der Waals surface area contributed by atoms with Gasteiger partial charge in [-0.25, -0.2) is 4.98 Å². The van der Waals surface area contributed by atoms with Gasteiger partial charge in [0.15, 0.2) is 0 Å². The van der Waals surface area contributed by atoms with Crippen LogP contribution in [0.25, 0.3) is 0 Å². The van der Waals surface area contributed by atoms with Crippen LogP contribution in [-0.2, 0) is 13.1 Å². The second-order valence-corrected chi connectivity index (χ2v) is 4.55. The lowest BCUT2D eigenvalue weighted by molar-refractivity contribution is 0.0946. The summed E-state index contributed by atoms with van der Waals surface area (Å²) < 4.78 is 0. The van der Waals surface area contributed by atoms with Crippen LogP contribution in [0.4, 0.5) is 5.69 Å². The molecule has 3 heterocycles. The van der Waals surface area contributed by atoms with Crippen molar-refractivity contribution in [3.63, 3.8) is 0 Å². The number of hydrogen-bond acceptors (Lipinski definition) is 5. The van der Waals surface area contributed by atoms with E-state index in [0.29, 0.717) is 12.2 Å². The number of carbonyl (C=O) groups excluding carboxylic acids is 1. The number of rotatable bonds is 3. The molecule has 0 bridgehead atoms. The fourth-order valence-corrected chi connectivity index (χ4v) is 2.06. The van der Waals surface area contributed by atoms with Gasteiger partial charge in [0.2, 0.25) is 0 Å². The van der Waals surface area contributed by atoms with Gasteiger partial charge >= 0.3 is 0 Å². The highest BCUT2D eigenvalue weighted by Crippen LogP contribution is 2.17. The third kappa shape index (κ3) is 2.75. The van der Waals surface area contributed by atoms with Crippen LogP contribution in [0.3, 0.4) is 0 Å². The second-order valence-electron chi connectivity index (χ2n) is 4.55. The summed E-state index contributed by atoms with van der Waals surface area (Å²) in [6.07, 6.45) is 5.11. The van der Waals surface area contributed by atoms with Crippen molar-refractivity contribution in [2.75, 3.05) is 12.0 Å². The van der Waals surface area contributed by atoms with Crippen LogP contribution in [-0.4, -0.2) is 22.5 Å². The van der Waals surface area contributed by atoms with E-state index in [1.165, 1.54) is 0 Å². The molecule has 0 saturated carbocycles. The predicted octanol–water partition coefficient (Wildman–Crippen LogP) is 0.879. The van der Waals surface area contributed by atoms with Crippen molar-refractivity contribution in [3.8, 4) is 0 Å². The third-order valence-corrected chi connectivity index (χ3v) is 3.14. The Morgan fingerprint density at radius 2 is 2.20 bits per heavy atom. The van der Waals surface area contributed by atoms with Crippen molar-refractivity contribution in [2.24, 2.45) is 0 Å². The SMILES string of the molecule is O=C(NCc1ccncc1)c1cc2c(cn1)NCNC2. The van der Waals surface area contributed by atoms with E-state index in [0.717, 1.165) is 30.0 Å². The Kier molecular flexibility index (Phi) is 3.56. The average molecular weight is 269 g/mol. The summed E-state index contributed by atoms with van der Waals surface area (Å²) in [6, 6.07) is 5.55. The molecule has 20 heavy (non-hydrogen) atoms. The van der Waals surface area contributed by atoms with Gasteiger partial charge in [0.1, 0.15) is 5.69 Å². The van der Waals surface area contributed by atoms with Crippen molar-refractivity contribution in [2.45, 2.75) is 13.1 Å². The van der Waals surface area contributed by atoms with Gasteiger partial charge < -0.3 is 10.6 Å². The smallest absolute Gasteiger partial charge is 0.270 e. The summed E-state index contributed by atoms with van der Waals surface area (Å²) in [5, 5.41) is 9.21. The van der Waals surface area contributed by atoms with E-state index in [-0.39, 0.29) is 5.91 Å². The molecule has 0 fully saturated rings. The number of carbonyl (C=O) groups is 1. The monoisotopic (exact) mass is 269 g/mol. The third-order valence-electron chi connectivity index (χ3n) is 3.14. The number of aromatic nitrogens is 2. The lowest BCUT2D eigenvalue weighted by atomic mass is 10.1. The number of fused-ring (bicyclic) bond motifs is 1. The van der Waals surface area contributed by atoms with Gasteiger partial charge in [-0.05, 0) is 29.3 Å². The molecule has 6 nitrogen and oxygen atoms in total. The Balaban J connectivity index is 1.68. The quantitative estimate of drug-likeness (QED) is 0.771. The Morgan fingerprint density at radius 3 is 3.05 bits per heavy atom. The number of pyridine rings is 2. The Morgan fingerprint density at radius 1 is 1.35 bits per heavy atom. The van der Waals surface area contributed by atoms with Crippen LogP contribution in [0.2, 0.25) is 0 Å². The van der Waals surface area contributed by atoms with Crippen molar-refractivity contribution < 1.29 is 4.79 Å². The summed E-state index contributed by atoms with van der Waals surface area (Å²) >= 11 is 0. The molecule has 0 unspecified atom stereocenters. The fraction of sp³-hybridized carbons (Fsp3) is 0.214. The zero-order valence-corrected chi connectivity index (χ0v) is 10.9. The van der Waals surface area contributed by atoms with Crippen LogP contribution in [0, 0.1) is 0 Å². The fourth-order valence-electron chi connectivity index (χ4n) is 2.06. The van der Waals surface area contributed by atoms with Gasteiger partial charge in [-0.3, -0.25) is 15.1 Å². The molecule has 0 radical (unpaired) electrons. The Bertz CT molecular complexity index is 614. The maximum absolute atomic E-state index is 12.1. The number of amides is 1. The minimum Gasteiger partial charge on any atom is -0.371 e. The molecule has 1 amide bonds. The molecule has 0 aliphatic carbocycles. The first-order valence-electron chi connectivity index (χ1n) is 6.43. The molecule has 6 heteroatoms. The van der Waals surface area contributed by atoms with Crippen LogP contribution in [0.15, 0.2) is 36.8 Å². The van der Waals surface area contributed by atoms with E-state index in [4.69, 9.17) is 0 Å². The zero-order valence-electron chi connectivity index (χ0n) is 10.9. The highest BCUT2D eigenvalue weighted by atomic mass is 16.1. The molecule has 0 spiro atoms. The minimum absolute atomic E-state index is 0.171. The van der Waals surface area contributed by atoms with Crippen molar-refractivity contribution >= 4 is 11.6 Å². The summed E-state index contributed by atoms with van der Waals surface area (Å²) in [5.41, 5.74) is 3.48.